The summed E-state index contributed by atoms with van der Waals surface area (Å²) in [6.45, 7) is 2.53. The van der Waals surface area contributed by atoms with Crippen LogP contribution in [-0.2, 0) is 54.3 Å². The number of hydrogen-bond acceptors (Lipinski definition) is 6. The van der Waals surface area contributed by atoms with Crippen LogP contribution in [0.1, 0.15) is 13.8 Å². The second-order valence-electron chi connectivity index (χ2n) is 3.10. The molecule has 0 bridgehead atoms. The van der Waals surface area contributed by atoms with Crippen molar-refractivity contribution in [1.29, 1.82) is 0 Å². The van der Waals surface area contributed by atoms with Gasteiger partial charge in [-0.25, -0.2) is 9.59 Å². The summed E-state index contributed by atoms with van der Waals surface area (Å²) >= 11 is 0. The number of nitrogens with two attached hydrogens (primary N) is 2. The van der Waals surface area contributed by atoms with Crippen molar-refractivity contribution in [3.63, 3.8) is 0 Å². The van der Waals surface area contributed by atoms with E-state index >= 15 is 0 Å². The SMILES string of the molecule is CC(NC(N)=O)C(=O)[O-].CC(NC(N)=O)C(=O)[O-].[Au+].[Au+]. The van der Waals surface area contributed by atoms with E-state index in [0.29, 0.717) is 0 Å². The fourth-order valence-electron chi connectivity index (χ4n) is 0.545. The molecule has 0 heterocycles. The standard InChI is InChI=1S/2C4H8N2O3.2Au/c2*1-2(3(7)8)6-4(5)9;;/h2*2H,1H3,(H,7,8)(H3,5,6,9);;/q;;2*+1/p-2. The van der Waals surface area contributed by atoms with E-state index in [0.717, 1.165) is 0 Å². The van der Waals surface area contributed by atoms with Crippen LogP contribution >= 0.6 is 0 Å². The summed E-state index contributed by atoms with van der Waals surface area (Å²) in [5.74, 6) is -2.71. The van der Waals surface area contributed by atoms with Crippen molar-refractivity contribution in [2.75, 3.05) is 0 Å². The average molecular weight is 656 g/mol. The van der Waals surface area contributed by atoms with Gasteiger partial charge in [0.15, 0.2) is 0 Å². The molecule has 20 heavy (non-hydrogen) atoms. The molecule has 2 atom stereocenters. The summed E-state index contributed by atoms with van der Waals surface area (Å²) in [5, 5.41) is 23.5. The Labute approximate surface area is 146 Å². The second-order valence-corrected chi connectivity index (χ2v) is 3.10. The molecule has 0 saturated heterocycles. The molecule has 0 aromatic carbocycles. The molecule has 0 radical (unpaired) electrons. The topological polar surface area (TPSA) is 190 Å². The molecule has 2 unspecified atom stereocenters. The summed E-state index contributed by atoms with van der Waals surface area (Å²) in [6, 6.07) is -3.79. The molecule has 10 nitrogen and oxygen atoms in total. The predicted octanol–water partition coefficient (Wildman–Crippen LogP) is -4.42. The van der Waals surface area contributed by atoms with Crippen LogP contribution < -0.4 is 32.3 Å². The minimum absolute atomic E-state index is 0. The number of primary amides is 2. The zero-order valence-electron chi connectivity index (χ0n) is 10.4. The van der Waals surface area contributed by atoms with Crippen LogP contribution in [-0.4, -0.2) is 36.1 Å². The Morgan fingerprint density at radius 1 is 0.800 bits per heavy atom. The molecule has 0 aliphatic rings. The van der Waals surface area contributed by atoms with E-state index in [-0.39, 0.29) is 44.8 Å². The third-order valence-corrected chi connectivity index (χ3v) is 1.42. The van der Waals surface area contributed by atoms with E-state index < -0.39 is 36.1 Å². The van der Waals surface area contributed by atoms with Gasteiger partial charge in [-0.2, -0.15) is 0 Å². The zero-order valence-corrected chi connectivity index (χ0v) is 14.7. The molecule has 12 heteroatoms. The van der Waals surface area contributed by atoms with Crippen molar-refractivity contribution in [3.8, 4) is 0 Å². The normalized spacial score (nSPS) is 10.9. The Morgan fingerprint density at radius 2 is 1.00 bits per heavy atom. The van der Waals surface area contributed by atoms with Crippen molar-refractivity contribution in [2.45, 2.75) is 25.9 Å². The van der Waals surface area contributed by atoms with Gasteiger partial charge in [-0.3, -0.25) is 0 Å². The van der Waals surface area contributed by atoms with Gasteiger partial charge >= 0.3 is 56.8 Å². The monoisotopic (exact) mass is 656 g/mol. The number of urea groups is 2. The number of amides is 4. The number of carboxylic acids is 2. The Hall–Kier alpha value is -1.04. The fourth-order valence-corrected chi connectivity index (χ4v) is 0.545. The maximum Gasteiger partial charge on any atom is 1.00 e. The molecule has 0 aromatic heterocycles. The molecule has 0 spiro atoms. The Balaban J connectivity index is -0.000000116. The number of carboxylic acid groups (broad SMARTS) is 2. The number of hydrogen-bond donors (Lipinski definition) is 4. The summed E-state index contributed by atoms with van der Waals surface area (Å²) in [5.41, 5.74) is 9.18. The van der Waals surface area contributed by atoms with Gasteiger partial charge in [0.05, 0.1) is 24.0 Å². The fraction of sp³-hybridized carbons (Fsp3) is 0.500. The van der Waals surface area contributed by atoms with E-state index in [1.807, 2.05) is 10.6 Å². The summed E-state index contributed by atoms with van der Waals surface area (Å²) in [4.78, 5) is 39.6. The predicted molar refractivity (Wildman–Crippen MR) is 54.4 cm³/mol. The first kappa shape index (κ1) is 27.3. The Morgan fingerprint density at radius 3 is 1.05 bits per heavy atom. The number of aliphatic carboxylic acids is 2. The molecular formula is C8H14Au2N4O6. The van der Waals surface area contributed by atoms with Gasteiger partial charge in [0.25, 0.3) is 0 Å². The van der Waals surface area contributed by atoms with E-state index in [4.69, 9.17) is 0 Å². The van der Waals surface area contributed by atoms with Gasteiger partial charge in [0.1, 0.15) is 0 Å². The molecule has 124 valence electrons. The minimum Gasteiger partial charge on any atom is -0.548 e. The van der Waals surface area contributed by atoms with Crippen molar-refractivity contribution in [2.24, 2.45) is 11.5 Å². The molecular weight excluding hydrogens is 642 g/mol. The molecule has 4 amide bonds. The van der Waals surface area contributed by atoms with Crippen molar-refractivity contribution < 1.29 is 74.2 Å². The van der Waals surface area contributed by atoms with E-state index in [1.165, 1.54) is 13.8 Å². The van der Waals surface area contributed by atoms with Crippen LogP contribution in [0, 0.1) is 0 Å². The third kappa shape index (κ3) is 19.3. The molecule has 0 fully saturated rings. The van der Waals surface area contributed by atoms with E-state index in [1.54, 1.807) is 0 Å². The van der Waals surface area contributed by atoms with Gasteiger partial charge in [0, 0.05) is 0 Å². The quantitative estimate of drug-likeness (QED) is 0.221. The van der Waals surface area contributed by atoms with E-state index in [2.05, 4.69) is 11.5 Å². The van der Waals surface area contributed by atoms with Crippen LogP contribution in [0.3, 0.4) is 0 Å². The van der Waals surface area contributed by atoms with Crippen molar-refractivity contribution in [3.05, 3.63) is 0 Å². The summed E-state index contributed by atoms with van der Waals surface area (Å²) < 4.78 is 0. The van der Waals surface area contributed by atoms with Gasteiger partial charge in [-0.05, 0) is 13.8 Å². The van der Waals surface area contributed by atoms with Crippen LogP contribution in [0.4, 0.5) is 9.59 Å². The maximum absolute atomic E-state index is 9.93. The van der Waals surface area contributed by atoms with Gasteiger partial charge in [-0.15, -0.1) is 0 Å². The van der Waals surface area contributed by atoms with Crippen molar-refractivity contribution in [1.82, 2.24) is 10.6 Å². The van der Waals surface area contributed by atoms with Gasteiger partial charge in [0.2, 0.25) is 0 Å². The summed E-state index contributed by atoms with van der Waals surface area (Å²) in [6.07, 6.45) is 0. The first-order chi connectivity index (χ1) is 8.07. The van der Waals surface area contributed by atoms with Crippen LogP contribution in [0.15, 0.2) is 0 Å². The van der Waals surface area contributed by atoms with Crippen LogP contribution in [0.5, 0.6) is 0 Å². The number of nitrogens with one attached hydrogen (secondary N) is 2. The average Bonchev–Trinajstić information content (AvgIpc) is 2.16. The van der Waals surface area contributed by atoms with E-state index in [9.17, 15) is 29.4 Å². The van der Waals surface area contributed by atoms with Crippen LogP contribution in [0.25, 0.3) is 0 Å². The third-order valence-electron chi connectivity index (χ3n) is 1.42. The van der Waals surface area contributed by atoms with Crippen molar-refractivity contribution >= 4 is 24.0 Å². The molecule has 0 aliphatic heterocycles. The minimum atomic E-state index is -1.35. The number of carbonyl (C=O) groups excluding carboxylic acids is 4. The Kier molecular flexibility index (Phi) is 19.6. The summed E-state index contributed by atoms with van der Waals surface area (Å²) in [7, 11) is 0. The number of carbonyl (C=O) groups is 4. The molecule has 0 aliphatic carbocycles. The zero-order chi connectivity index (χ0) is 14.9. The largest absolute Gasteiger partial charge is 1.00 e. The molecule has 0 rings (SSSR count). The Bertz CT molecular complexity index is 309. The number of rotatable bonds is 4. The molecule has 0 aromatic rings. The molecule has 6 N–H and O–H groups in total. The van der Waals surface area contributed by atoms with Crippen LogP contribution in [0.2, 0.25) is 0 Å². The smallest absolute Gasteiger partial charge is 0.548 e. The van der Waals surface area contributed by atoms with Gasteiger partial charge < -0.3 is 41.9 Å². The second kappa shape index (κ2) is 14.4. The van der Waals surface area contributed by atoms with Gasteiger partial charge in [-0.1, -0.05) is 0 Å². The first-order valence-electron chi connectivity index (χ1n) is 4.61. The molecule has 0 saturated carbocycles. The first-order valence-corrected chi connectivity index (χ1v) is 4.61. The maximum atomic E-state index is 9.93.